The number of carbonyl (C=O) groups excluding carboxylic acids is 3. The third-order valence-electron chi connectivity index (χ3n) is 7.26. The van der Waals surface area contributed by atoms with E-state index in [1.807, 2.05) is 4.90 Å². The minimum Gasteiger partial charge on any atom is -0.493 e. The summed E-state index contributed by atoms with van der Waals surface area (Å²) in [5, 5.41) is 2.59. The van der Waals surface area contributed by atoms with Gasteiger partial charge in [0.25, 0.3) is 5.91 Å². The Kier molecular flexibility index (Phi) is 9.63. The van der Waals surface area contributed by atoms with Crippen LogP contribution in [0.2, 0.25) is 0 Å². The number of benzene rings is 1. The van der Waals surface area contributed by atoms with E-state index in [2.05, 4.69) is 11.9 Å². The molecule has 10 heteroatoms. The van der Waals surface area contributed by atoms with Crippen molar-refractivity contribution in [1.82, 2.24) is 10.2 Å². The predicted octanol–water partition coefficient (Wildman–Crippen LogP) is 3.39. The van der Waals surface area contributed by atoms with Crippen LogP contribution in [0.1, 0.15) is 68.1 Å². The number of carbonyl (C=O) groups is 3. The van der Waals surface area contributed by atoms with Crippen LogP contribution in [0.25, 0.3) is 0 Å². The molecule has 0 aliphatic carbocycles. The molecule has 1 aromatic rings. The van der Waals surface area contributed by atoms with E-state index < -0.39 is 12.5 Å². The number of rotatable bonds is 11. The second kappa shape index (κ2) is 13.1. The lowest BCUT2D eigenvalue weighted by molar-refractivity contribution is -0.197. The topological polar surface area (TPSA) is 107 Å². The number of methoxy groups -OCH3 is 1. The van der Waals surface area contributed by atoms with Crippen molar-refractivity contribution in [3.05, 3.63) is 30.4 Å². The second-order valence-corrected chi connectivity index (χ2v) is 9.77. The number of hydrogen-bond acceptors (Lipinski definition) is 7. The van der Waals surface area contributed by atoms with Crippen molar-refractivity contribution < 1.29 is 33.3 Å². The standard InChI is InChI=1S/C28H39N3O7/c1-4-5-12-25(33)31-21-18-23(36-16-9-11-24(32)29-2)22(35-3)17-19(21)27(34)30-14-8-10-20(30)28(31)38-26-13-6-7-15-37-26/h4,17-18,20,26,28H,1,5-16H2,2-3H3,(H,29,32)/t20-,26?,28?/m0/s1. The van der Waals surface area contributed by atoms with Gasteiger partial charge in [-0.2, -0.15) is 0 Å². The first-order chi connectivity index (χ1) is 18.5. The van der Waals surface area contributed by atoms with Crippen LogP contribution in [0.5, 0.6) is 11.5 Å². The molecule has 0 spiro atoms. The third kappa shape index (κ3) is 6.13. The number of anilines is 1. The van der Waals surface area contributed by atoms with Crippen molar-refractivity contribution in [3.8, 4) is 11.5 Å². The van der Waals surface area contributed by atoms with E-state index in [9.17, 15) is 14.4 Å². The van der Waals surface area contributed by atoms with E-state index in [1.54, 1.807) is 30.2 Å². The first kappa shape index (κ1) is 27.9. The monoisotopic (exact) mass is 529 g/mol. The average molecular weight is 530 g/mol. The first-order valence-corrected chi connectivity index (χ1v) is 13.5. The highest BCUT2D eigenvalue weighted by Gasteiger charge is 2.47. The Hall–Kier alpha value is -3.11. The van der Waals surface area contributed by atoms with Gasteiger partial charge in [0.1, 0.15) is 0 Å². The van der Waals surface area contributed by atoms with E-state index in [1.165, 1.54) is 7.11 Å². The van der Waals surface area contributed by atoms with Gasteiger partial charge in [0.2, 0.25) is 11.8 Å². The fraction of sp³-hybridized carbons (Fsp3) is 0.607. The number of nitrogens with one attached hydrogen (secondary N) is 1. The average Bonchev–Trinajstić information content (AvgIpc) is 3.40. The van der Waals surface area contributed by atoms with Gasteiger partial charge in [-0.15, -0.1) is 6.58 Å². The maximum absolute atomic E-state index is 13.8. The number of ether oxygens (including phenoxy) is 4. The summed E-state index contributed by atoms with van der Waals surface area (Å²) in [6.07, 6.45) is 6.36. The van der Waals surface area contributed by atoms with Crippen molar-refractivity contribution in [2.75, 3.05) is 38.8 Å². The van der Waals surface area contributed by atoms with Gasteiger partial charge in [-0.1, -0.05) is 6.08 Å². The second-order valence-electron chi connectivity index (χ2n) is 9.77. The molecule has 0 aromatic heterocycles. The number of fused-ring (bicyclic) bond motifs is 2. The van der Waals surface area contributed by atoms with Gasteiger partial charge in [-0.05, 0) is 51.0 Å². The quantitative estimate of drug-likeness (QED) is 0.346. The lowest BCUT2D eigenvalue weighted by Gasteiger charge is -2.38. The fourth-order valence-corrected chi connectivity index (χ4v) is 5.28. The molecule has 0 bridgehead atoms. The fourth-order valence-electron chi connectivity index (χ4n) is 5.28. The molecule has 2 saturated heterocycles. The summed E-state index contributed by atoms with van der Waals surface area (Å²) in [4.78, 5) is 42.6. The molecule has 1 aromatic carbocycles. The number of nitrogens with zero attached hydrogens (tertiary/aromatic N) is 2. The summed E-state index contributed by atoms with van der Waals surface area (Å²) in [5.41, 5.74) is 0.801. The van der Waals surface area contributed by atoms with Crippen molar-refractivity contribution in [1.29, 1.82) is 0 Å². The molecule has 3 aliphatic heterocycles. The maximum atomic E-state index is 13.8. The summed E-state index contributed by atoms with van der Waals surface area (Å²) in [6.45, 7) is 5.23. The van der Waals surface area contributed by atoms with Crippen LogP contribution >= 0.6 is 0 Å². The van der Waals surface area contributed by atoms with Gasteiger partial charge in [0.15, 0.2) is 24.0 Å². The van der Waals surface area contributed by atoms with Crippen LogP contribution in [-0.4, -0.2) is 75.1 Å². The Morgan fingerprint density at radius 2 is 2.03 bits per heavy atom. The van der Waals surface area contributed by atoms with E-state index >= 15 is 0 Å². The molecule has 3 heterocycles. The van der Waals surface area contributed by atoms with Crippen molar-refractivity contribution in [3.63, 3.8) is 0 Å². The molecule has 208 valence electrons. The number of hydrogen-bond donors (Lipinski definition) is 1. The first-order valence-electron chi connectivity index (χ1n) is 13.5. The third-order valence-corrected chi connectivity index (χ3v) is 7.26. The zero-order valence-corrected chi connectivity index (χ0v) is 22.4. The molecule has 2 unspecified atom stereocenters. The van der Waals surface area contributed by atoms with E-state index in [4.69, 9.17) is 18.9 Å². The maximum Gasteiger partial charge on any atom is 0.256 e. The highest BCUT2D eigenvalue weighted by atomic mass is 16.7. The largest absolute Gasteiger partial charge is 0.493 e. The van der Waals surface area contributed by atoms with Gasteiger partial charge < -0.3 is 29.2 Å². The molecule has 1 N–H and O–H groups in total. The molecular weight excluding hydrogens is 490 g/mol. The van der Waals surface area contributed by atoms with Crippen LogP contribution < -0.4 is 19.7 Å². The Morgan fingerprint density at radius 3 is 2.74 bits per heavy atom. The highest BCUT2D eigenvalue weighted by Crippen LogP contribution is 2.42. The summed E-state index contributed by atoms with van der Waals surface area (Å²) in [6, 6.07) is 3.04. The summed E-state index contributed by atoms with van der Waals surface area (Å²) in [7, 11) is 3.11. The van der Waals surface area contributed by atoms with Crippen LogP contribution in [0.3, 0.4) is 0 Å². The molecular formula is C28H39N3O7. The zero-order chi connectivity index (χ0) is 27.1. The smallest absolute Gasteiger partial charge is 0.256 e. The molecule has 2 fully saturated rings. The van der Waals surface area contributed by atoms with Gasteiger partial charge in [0.05, 0.1) is 31.0 Å². The van der Waals surface area contributed by atoms with Crippen LogP contribution in [0, 0.1) is 0 Å². The molecule has 0 saturated carbocycles. The Morgan fingerprint density at radius 1 is 1.18 bits per heavy atom. The molecule has 3 amide bonds. The molecule has 3 atom stereocenters. The predicted molar refractivity (Wildman–Crippen MR) is 141 cm³/mol. The molecule has 38 heavy (non-hydrogen) atoms. The van der Waals surface area contributed by atoms with Gasteiger partial charge in [-0.3, -0.25) is 19.3 Å². The van der Waals surface area contributed by atoms with E-state index in [0.29, 0.717) is 55.2 Å². The number of amides is 3. The summed E-state index contributed by atoms with van der Waals surface area (Å²) < 4.78 is 24.0. The van der Waals surface area contributed by atoms with Crippen molar-refractivity contribution in [2.24, 2.45) is 0 Å². The SMILES string of the molecule is C=CCCC(=O)N1c2cc(OCCCC(=O)NC)c(OC)cc2C(=O)N2CCC[C@H]2C1OC1CCCCO1. The Balaban J connectivity index is 1.74. The van der Waals surface area contributed by atoms with Crippen molar-refractivity contribution >= 4 is 23.4 Å². The van der Waals surface area contributed by atoms with Gasteiger partial charge in [0, 0.05) is 39.1 Å². The molecule has 3 aliphatic rings. The molecule has 10 nitrogen and oxygen atoms in total. The Bertz CT molecular complexity index is 1020. The van der Waals surface area contributed by atoms with Crippen LogP contribution in [-0.2, 0) is 19.1 Å². The lowest BCUT2D eigenvalue weighted by Crippen LogP contribution is -2.54. The van der Waals surface area contributed by atoms with Crippen molar-refractivity contribution in [2.45, 2.75) is 76.3 Å². The highest BCUT2D eigenvalue weighted by molar-refractivity contribution is 6.07. The molecule has 0 radical (unpaired) electrons. The summed E-state index contributed by atoms with van der Waals surface area (Å²) in [5.74, 6) is 0.388. The Labute approximate surface area is 224 Å². The number of allylic oxidation sites excluding steroid dienone is 1. The summed E-state index contributed by atoms with van der Waals surface area (Å²) >= 11 is 0. The van der Waals surface area contributed by atoms with Gasteiger partial charge >= 0.3 is 0 Å². The van der Waals surface area contributed by atoms with Crippen LogP contribution in [0.4, 0.5) is 5.69 Å². The lowest BCUT2D eigenvalue weighted by atomic mass is 10.1. The normalized spacial score (nSPS) is 22.8. The minimum absolute atomic E-state index is 0.0717. The van der Waals surface area contributed by atoms with Crippen LogP contribution in [0.15, 0.2) is 24.8 Å². The minimum atomic E-state index is -0.697. The van der Waals surface area contributed by atoms with Gasteiger partial charge in [-0.25, -0.2) is 0 Å². The molecule has 4 rings (SSSR count). The zero-order valence-electron chi connectivity index (χ0n) is 22.4. The van der Waals surface area contributed by atoms with E-state index in [0.717, 1.165) is 32.1 Å². The van der Waals surface area contributed by atoms with E-state index in [-0.39, 0.29) is 36.8 Å².